The van der Waals surface area contributed by atoms with Gasteiger partial charge in [0.2, 0.25) is 0 Å². The highest BCUT2D eigenvalue weighted by molar-refractivity contribution is 6.42. The van der Waals surface area contributed by atoms with Crippen molar-refractivity contribution in [2.75, 3.05) is 37.7 Å². The Morgan fingerprint density at radius 1 is 0.950 bits per heavy atom. The lowest BCUT2D eigenvalue weighted by molar-refractivity contribution is 0.0520. The number of hydrogen-bond donors (Lipinski definition) is 0. The van der Waals surface area contributed by atoms with Gasteiger partial charge in [0.25, 0.3) is 5.91 Å². The third kappa shape index (κ3) is 5.43. The summed E-state index contributed by atoms with van der Waals surface area (Å²) in [6, 6.07) is 8.24. The number of aryl methyl sites for hydroxylation is 1. The molecule has 1 aliphatic heterocycles. The summed E-state index contributed by atoms with van der Waals surface area (Å²) in [4.78, 5) is 39.5. The number of amides is 1. The van der Waals surface area contributed by atoms with E-state index in [0.29, 0.717) is 92.1 Å². The SMILES string of the molecule is CCOC(=O)c1nc2cc(Cl)c(Cl)cc2nc1N1CCCN(C(=O)c2c(-c3c(Cl)cccc3Cl)noc2C)CC1. The summed E-state index contributed by atoms with van der Waals surface area (Å²) in [6.07, 6.45) is 0.599. The van der Waals surface area contributed by atoms with Crippen LogP contribution in [0.2, 0.25) is 20.1 Å². The summed E-state index contributed by atoms with van der Waals surface area (Å²) < 4.78 is 10.7. The van der Waals surface area contributed by atoms with E-state index in [1.807, 2.05) is 4.90 Å². The number of carbonyl (C=O) groups is 2. The molecule has 3 heterocycles. The van der Waals surface area contributed by atoms with Gasteiger partial charge in [0.15, 0.2) is 11.5 Å². The molecule has 0 N–H and O–H groups in total. The van der Waals surface area contributed by atoms with Crippen molar-refractivity contribution < 1.29 is 18.8 Å². The van der Waals surface area contributed by atoms with Gasteiger partial charge in [-0.2, -0.15) is 0 Å². The lowest BCUT2D eigenvalue weighted by Gasteiger charge is -2.24. The molecule has 0 bridgehead atoms. The molecule has 0 radical (unpaired) electrons. The van der Waals surface area contributed by atoms with E-state index in [4.69, 9.17) is 60.6 Å². The zero-order chi connectivity index (χ0) is 28.6. The van der Waals surface area contributed by atoms with E-state index >= 15 is 0 Å². The van der Waals surface area contributed by atoms with Crippen molar-refractivity contribution >= 4 is 75.1 Å². The number of esters is 1. The van der Waals surface area contributed by atoms with Crippen molar-refractivity contribution in [2.45, 2.75) is 20.3 Å². The number of benzene rings is 2. The molecular weight excluding hydrogens is 600 g/mol. The van der Waals surface area contributed by atoms with E-state index in [1.165, 1.54) is 0 Å². The van der Waals surface area contributed by atoms with Crippen LogP contribution in [0.4, 0.5) is 5.82 Å². The molecule has 2 aromatic carbocycles. The molecule has 1 amide bonds. The number of aromatic nitrogens is 3. The maximum Gasteiger partial charge on any atom is 0.360 e. The molecule has 5 rings (SSSR count). The van der Waals surface area contributed by atoms with Crippen molar-refractivity contribution in [3.05, 3.63) is 67.4 Å². The van der Waals surface area contributed by atoms with Gasteiger partial charge in [0.05, 0.1) is 37.7 Å². The summed E-state index contributed by atoms with van der Waals surface area (Å²) in [5, 5.41) is 5.46. The Kier molecular flexibility index (Phi) is 8.37. The first-order chi connectivity index (χ1) is 19.2. The Bertz CT molecular complexity index is 1610. The first-order valence-electron chi connectivity index (χ1n) is 12.5. The van der Waals surface area contributed by atoms with Crippen LogP contribution in [0.5, 0.6) is 0 Å². The number of nitrogens with zero attached hydrogens (tertiary/aromatic N) is 5. The van der Waals surface area contributed by atoms with E-state index in [1.54, 1.807) is 49.1 Å². The fourth-order valence-corrected chi connectivity index (χ4v) is 5.50. The minimum atomic E-state index is -0.600. The molecule has 0 spiro atoms. The Hall–Kier alpha value is -3.11. The van der Waals surface area contributed by atoms with E-state index in [-0.39, 0.29) is 18.2 Å². The summed E-state index contributed by atoms with van der Waals surface area (Å²) in [5.74, 6) is -0.152. The van der Waals surface area contributed by atoms with Gasteiger partial charge in [-0.1, -0.05) is 57.6 Å². The predicted molar refractivity (Wildman–Crippen MR) is 155 cm³/mol. The number of rotatable bonds is 5. The van der Waals surface area contributed by atoms with Crippen LogP contribution < -0.4 is 4.90 Å². The average molecular weight is 623 g/mol. The summed E-state index contributed by atoms with van der Waals surface area (Å²) in [5.41, 5.74) is 2.00. The second-order valence-electron chi connectivity index (χ2n) is 9.06. The number of fused-ring (bicyclic) bond motifs is 1. The molecular formula is C27H23Cl4N5O4. The Morgan fingerprint density at radius 2 is 1.62 bits per heavy atom. The van der Waals surface area contributed by atoms with Gasteiger partial charge in [0.1, 0.15) is 17.0 Å². The summed E-state index contributed by atoms with van der Waals surface area (Å²) in [6.45, 7) is 5.25. The van der Waals surface area contributed by atoms with Gasteiger partial charge < -0.3 is 19.1 Å². The van der Waals surface area contributed by atoms with Crippen LogP contribution in [-0.4, -0.2) is 64.7 Å². The third-order valence-electron chi connectivity index (χ3n) is 6.52. The molecule has 1 aliphatic rings. The van der Waals surface area contributed by atoms with Crippen LogP contribution in [0.3, 0.4) is 0 Å². The monoisotopic (exact) mass is 621 g/mol. The van der Waals surface area contributed by atoms with Gasteiger partial charge in [0, 0.05) is 31.7 Å². The smallest absolute Gasteiger partial charge is 0.360 e. The first kappa shape index (κ1) is 28.4. The van der Waals surface area contributed by atoms with Crippen LogP contribution in [-0.2, 0) is 4.74 Å². The first-order valence-corrected chi connectivity index (χ1v) is 14.0. The van der Waals surface area contributed by atoms with Gasteiger partial charge >= 0.3 is 5.97 Å². The standard InChI is InChI=1S/C27H23Cl4N5O4/c1-3-39-27(38)24-25(33-20-13-18(31)17(30)12-19(20)32-24)35-8-5-9-36(11-10-35)26(37)21-14(2)40-34-23(21)22-15(28)6-4-7-16(22)29/h4,6-7,12-13H,3,5,8-11H2,1-2H3. The maximum atomic E-state index is 13.8. The summed E-state index contributed by atoms with van der Waals surface area (Å²) in [7, 11) is 0. The van der Waals surface area contributed by atoms with Gasteiger partial charge in [-0.15, -0.1) is 0 Å². The van der Waals surface area contributed by atoms with Gasteiger partial charge in [-0.3, -0.25) is 4.79 Å². The number of hydrogen-bond acceptors (Lipinski definition) is 8. The number of carbonyl (C=O) groups excluding carboxylic acids is 2. The lowest BCUT2D eigenvalue weighted by Crippen LogP contribution is -2.36. The minimum Gasteiger partial charge on any atom is -0.461 e. The second kappa shape index (κ2) is 11.8. The van der Waals surface area contributed by atoms with E-state index in [9.17, 15) is 9.59 Å². The Labute approximate surface area is 249 Å². The average Bonchev–Trinajstić information content (AvgIpc) is 3.13. The van der Waals surface area contributed by atoms with Gasteiger partial charge in [-0.05, 0) is 44.5 Å². The predicted octanol–water partition coefficient (Wildman–Crippen LogP) is 6.74. The number of ether oxygens (including phenoxy) is 1. The van der Waals surface area contributed by atoms with Crippen molar-refractivity contribution in [2.24, 2.45) is 0 Å². The lowest BCUT2D eigenvalue weighted by atomic mass is 10.0. The molecule has 9 nitrogen and oxygen atoms in total. The van der Waals surface area contributed by atoms with Crippen LogP contribution in [0.25, 0.3) is 22.3 Å². The molecule has 4 aromatic rings. The Morgan fingerprint density at radius 3 is 2.30 bits per heavy atom. The molecule has 0 atom stereocenters. The molecule has 208 valence electrons. The molecule has 0 saturated carbocycles. The van der Waals surface area contributed by atoms with Crippen molar-refractivity contribution in [3.63, 3.8) is 0 Å². The number of halogens is 4. The molecule has 2 aromatic heterocycles. The van der Waals surface area contributed by atoms with Gasteiger partial charge in [-0.25, -0.2) is 14.8 Å². The normalized spacial score (nSPS) is 13.9. The highest BCUT2D eigenvalue weighted by Crippen LogP contribution is 2.37. The highest BCUT2D eigenvalue weighted by Gasteiger charge is 2.31. The van der Waals surface area contributed by atoms with E-state index < -0.39 is 5.97 Å². The third-order valence-corrected chi connectivity index (χ3v) is 7.87. The van der Waals surface area contributed by atoms with E-state index in [2.05, 4.69) is 10.1 Å². The molecule has 1 saturated heterocycles. The molecule has 13 heteroatoms. The van der Waals surface area contributed by atoms with Crippen molar-refractivity contribution in [1.82, 2.24) is 20.0 Å². The zero-order valence-electron chi connectivity index (χ0n) is 21.5. The quantitative estimate of drug-likeness (QED) is 0.226. The van der Waals surface area contributed by atoms with Crippen molar-refractivity contribution in [1.29, 1.82) is 0 Å². The molecule has 0 aliphatic carbocycles. The molecule has 0 unspecified atom stereocenters. The fraction of sp³-hybridized carbons (Fsp3) is 0.296. The van der Waals surface area contributed by atoms with Crippen LogP contribution in [0.15, 0.2) is 34.9 Å². The molecule has 40 heavy (non-hydrogen) atoms. The van der Waals surface area contributed by atoms with Crippen LogP contribution in [0, 0.1) is 6.92 Å². The Balaban J connectivity index is 1.46. The minimum absolute atomic E-state index is 0.0676. The maximum absolute atomic E-state index is 13.8. The van der Waals surface area contributed by atoms with Crippen LogP contribution >= 0.6 is 46.4 Å². The molecule has 1 fully saturated rings. The zero-order valence-corrected chi connectivity index (χ0v) is 24.5. The number of anilines is 1. The van der Waals surface area contributed by atoms with E-state index in [0.717, 1.165) is 0 Å². The van der Waals surface area contributed by atoms with Crippen LogP contribution in [0.1, 0.15) is 40.0 Å². The fourth-order valence-electron chi connectivity index (χ4n) is 4.61. The largest absolute Gasteiger partial charge is 0.461 e. The topological polar surface area (TPSA) is 102 Å². The highest BCUT2D eigenvalue weighted by atomic mass is 35.5. The second-order valence-corrected chi connectivity index (χ2v) is 10.7. The van der Waals surface area contributed by atoms with Crippen molar-refractivity contribution in [3.8, 4) is 11.3 Å². The summed E-state index contributed by atoms with van der Waals surface area (Å²) >= 11 is 25.2.